The van der Waals surface area contributed by atoms with Gasteiger partial charge in [0.25, 0.3) is 0 Å². The minimum atomic E-state index is 0.0510. The maximum atomic E-state index is 12.4. The maximum absolute atomic E-state index is 12.4. The topological polar surface area (TPSA) is 50.4 Å². The number of hydrogen-bond donors (Lipinski definition) is 2. The molecular weight excluding hydrogens is 300 g/mol. The molecule has 1 heterocycles. The van der Waals surface area contributed by atoms with Crippen LogP contribution in [0.3, 0.4) is 0 Å². The second-order valence-corrected chi connectivity index (χ2v) is 7.56. The van der Waals surface area contributed by atoms with Gasteiger partial charge < -0.3 is 15.4 Å². The first kappa shape index (κ1) is 18.9. The van der Waals surface area contributed by atoms with Crippen molar-refractivity contribution < 1.29 is 9.53 Å². The van der Waals surface area contributed by atoms with Crippen LogP contribution in [0.4, 0.5) is 0 Å². The van der Waals surface area contributed by atoms with Crippen molar-refractivity contribution in [1.29, 1.82) is 0 Å². The van der Waals surface area contributed by atoms with Crippen LogP contribution >= 0.6 is 0 Å². The molecule has 0 saturated carbocycles. The number of morpholine rings is 1. The summed E-state index contributed by atoms with van der Waals surface area (Å²) in [7, 11) is 0. The number of hydrogen-bond acceptors (Lipinski definition) is 3. The van der Waals surface area contributed by atoms with Gasteiger partial charge in [0, 0.05) is 19.0 Å². The molecule has 0 aliphatic carbocycles. The third-order valence-corrected chi connectivity index (χ3v) is 4.40. The smallest absolute Gasteiger partial charge is 0.222 e. The molecule has 2 N–H and O–H groups in total. The number of rotatable bonds is 7. The molecule has 0 aromatic heterocycles. The van der Waals surface area contributed by atoms with Crippen LogP contribution < -0.4 is 10.6 Å². The van der Waals surface area contributed by atoms with Crippen LogP contribution in [-0.2, 0) is 16.0 Å². The lowest BCUT2D eigenvalue weighted by Crippen LogP contribution is -2.45. The fourth-order valence-electron chi connectivity index (χ4n) is 3.17. The van der Waals surface area contributed by atoms with Gasteiger partial charge in [-0.25, -0.2) is 0 Å². The zero-order valence-electron chi connectivity index (χ0n) is 15.5. The second kappa shape index (κ2) is 9.19. The first-order valence-corrected chi connectivity index (χ1v) is 9.15. The molecule has 24 heavy (non-hydrogen) atoms. The first-order valence-electron chi connectivity index (χ1n) is 9.15. The summed E-state index contributed by atoms with van der Waals surface area (Å²) in [6.45, 7) is 10.9. The van der Waals surface area contributed by atoms with Crippen molar-refractivity contribution in [2.24, 2.45) is 11.8 Å². The van der Waals surface area contributed by atoms with E-state index in [4.69, 9.17) is 4.74 Å². The lowest BCUT2D eigenvalue weighted by Gasteiger charge is -2.26. The number of benzene rings is 1. The van der Waals surface area contributed by atoms with Crippen molar-refractivity contribution in [2.45, 2.75) is 52.6 Å². The quantitative estimate of drug-likeness (QED) is 0.807. The number of carbonyl (C=O) groups is 1. The van der Waals surface area contributed by atoms with Gasteiger partial charge in [-0.1, -0.05) is 52.0 Å². The molecule has 0 bridgehead atoms. The van der Waals surface area contributed by atoms with Crippen molar-refractivity contribution in [2.75, 3.05) is 19.8 Å². The number of carbonyl (C=O) groups excluding carboxylic acids is 1. The predicted octanol–water partition coefficient (Wildman–Crippen LogP) is 3.08. The average Bonchev–Trinajstić information content (AvgIpc) is 2.54. The Balaban J connectivity index is 1.96. The summed E-state index contributed by atoms with van der Waals surface area (Å²) in [4.78, 5) is 12.4. The minimum Gasteiger partial charge on any atom is -0.378 e. The highest BCUT2D eigenvalue weighted by atomic mass is 16.5. The molecule has 1 saturated heterocycles. The molecule has 4 nitrogen and oxygen atoms in total. The summed E-state index contributed by atoms with van der Waals surface area (Å²) in [5.74, 6) is 1.09. The molecule has 2 atom stereocenters. The third-order valence-electron chi connectivity index (χ3n) is 4.40. The fourth-order valence-corrected chi connectivity index (χ4v) is 3.17. The van der Waals surface area contributed by atoms with Gasteiger partial charge in [-0.05, 0) is 29.4 Å². The summed E-state index contributed by atoms with van der Waals surface area (Å²) < 4.78 is 5.42. The zero-order chi connectivity index (χ0) is 17.5. The summed E-state index contributed by atoms with van der Waals surface area (Å²) in [5, 5.41) is 6.54. The molecule has 0 spiro atoms. The zero-order valence-corrected chi connectivity index (χ0v) is 15.5. The van der Waals surface area contributed by atoms with E-state index in [0.29, 0.717) is 24.9 Å². The molecule has 4 heteroatoms. The van der Waals surface area contributed by atoms with E-state index >= 15 is 0 Å². The predicted molar refractivity (Wildman–Crippen MR) is 97.9 cm³/mol. The molecular formula is C20H32N2O2. The Bertz CT molecular complexity index is 505. The number of amides is 1. The van der Waals surface area contributed by atoms with E-state index in [-0.39, 0.29) is 18.0 Å². The molecule has 2 unspecified atom stereocenters. The van der Waals surface area contributed by atoms with Crippen LogP contribution in [0.15, 0.2) is 24.3 Å². The fraction of sp³-hybridized carbons (Fsp3) is 0.650. The molecule has 1 aliphatic heterocycles. The maximum Gasteiger partial charge on any atom is 0.222 e. The summed E-state index contributed by atoms with van der Waals surface area (Å²) >= 11 is 0. The van der Waals surface area contributed by atoms with Gasteiger partial charge in [-0.2, -0.15) is 0 Å². The van der Waals surface area contributed by atoms with Gasteiger partial charge in [-0.3, -0.25) is 4.79 Å². The molecule has 134 valence electrons. The van der Waals surface area contributed by atoms with Gasteiger partial charge in [-0.15, -0.1) is 0 Å². The SMILES string of the molecule is CC(C)Cc1ccc(C(NC(=O)CC2COCCN2)C(C)C)cc1. The highest BCUT2D eigenvalue weighted by Gasteiger charge is 2.22. The second-order valence-electron chi connectivity index (χ2n) is 7.56. The van der Waals surface area contributed by atoms with Gasteiger partial charge in [0.2, 0.25) is 5.91 Å². The first-order chi connectivity index (χ1) is 11.5. The number of nitrogens with one attached hydrogen (secondary N) is 2. The van der Waals surface area contributed by atoms with Gasteiger partial charge in [0.15, 0.2) is 0 Å². The van der Waals surface area contributed by atoms with Crippen LogP contribution in [-0.4, -0.2) is 31.7 Å². The highest BCUT2D eigenvalue weighted by molar-refractivity contribution is 5.77. The number of ether oxygens (including phenoxy) is 1. The van der Waals surface area contributed by atoms with Crippen LogP contribution in [0, 0.1) is 11.8 Å². The molecule has 1 aromatic rings. The average molecular weight is 332 g/mol. The van der Waals surface area contributed by atoms with Gasteiger partial charge >= 0.3 is 0 Å². The van der Waals surface area contributed by atoms with Crippen molar-refractivity contribution >= 4 is 5.91 Å². The van der Waals surface area contributed by atoms with E-state index in [0.717, 1.165) is 19.6 Å². The largest absolute Gasteiger partial charge is 0.378 e. The lowest BCUT2D eigenvalue weighted by molar-refractivity contribution is -0.123. The van der Waals surface area contributed by atoms with E-state index in [9.17, 15) is 4.79 Å². The Morgan fingerprint density at radius 3 is 2.50 bits per heavy atom. The molecule has 0 radical (unpaired) electrons. The molecule has 1 aliphatic rings. The normalized spacial score (nSPS) is 19.5. The summed E-state index contributed by atoms with van der Waals surface area (Å²) in [6.07, 6.45) is 1.56. The van der Waals surface area contributed by atoms with Crippen molar-refractivity contribution in [3.05, 3.63) is 35.4 Å². The Labute approximate surface area is 146 Å². The standard InChI is InChI=1S/C20H32N2O2/c1-14(2)11-16-5-7-17(8-6-16)20(15(3)4)22-19(23)12-18-13-24-10-9-21-18/h5-8,14-15,18,20-21H,9-13H2,1-4H3,(H,22,23). The van der Waals surface area contributed by atoms with E-state index in [1.165, 1.54) is 11.1 Å². The Morgan fingerprint density at radius 2 is 1.96 bits per heavy atom. The van der Waals surface area contributed by atoms with Crippen LogP contribution in [0.2, 0.25) is 0 Å². The van der Waals surface area contributed by atoms with Crippen LogP contribution in [0.25, 0.3) is 0 Å². The summed E-state index contributed by atoms with van der Waals surface area (Å²) in [5.41, 5.74) is 2.53. The Hall–Kier alpha value is -1.39. The minimum absolute atomic E-state index is 0.0510. The van der Waals surface area contributed by atoms with Crippen molar-refractivity contribution in [3.63, 3.8) is 0 Å². The van der Waals surface area contributed by atoms with Crippen LogP contribution in [0.5, 0.6) is 0 Å². The third kappa shape index (κ3) is 5.91. The van der Waals surface area contributed by atoms with E-state index in [1.807, 2.05) is 0 Å². The van der Waals surface area contributed by atoms with Crippen molar-refractivity contribution in [3.8, 4) is 0 Å². The molecule has 1 amide bonds. The van der Waals surface area contributed by atoms with E-state index in [1.54, 1.807) is 0 Å². The van der Waals surface area contributed by atoms with Gasteiger partial charge in [0.05, 0.1) is 19.3 Å². The monoisotopic (exact) mass is 332 g/mol. The molecule has 1 fully saturated rings. The Morgan fingerprint density at radius 1 is 1.25 bits per heavy atom. The van der Waals surface area contributed by atoms with E-state index in [2.05, 4.69) is 62.6 Å². The van der Waals surface area contributed by atoms with Gasteiger partial charge in [0.1, 0.15) is 0 Å². The lowest BCUT2D eigenvalue weighted by atomic mass is 9.93. The highest BCUT2D eigenvalue weighted by Crippen LogP contribution is 2.23. The molecule has 2 rings (SSSR count). The Kier molecular flexibility index (Phi) is 7.25. The van der Waals surface area contributed by atoms with Crippen molar-refractivity contribution in [1.82, 2.24) is 10.6 Å². The molecule has 1 aromatic carbocycles. The van der Waals surface area contributed by atoms with E-state index < -0.39 is 0 Å². The summed E-state index contributed by atoms with van der Waals surface area (Å²) in [6, 6.07) is 8.87. The van der Waals surface area contributed by atoms with Crippen LogP contribution in [0.1, 0.15) is 51.3 Å².